The topological polar surface area (TPSA) is 0 Å². The molecule has 1 aliphatic rings. The maximum atomic E-state index is 5.26. The van der Waals surface area contributed by atoms with Gasteiger partial charge in [-0.3, -0.25) is 0 Å². The monoisotopic (exact) mass is 176 g/mol. The van der Waals surface area contributed by atoms with Gasteiger partial charge in [-0.15, -0.1) is 23.7 Å². The molecule has 2 atom stereocenters. The van der Waals surface area contributed by atoms with Crippen molar-refractivity contribution in [1.29, 1.82) is 0 Å². The van der Waals surface area contributed by atoms with Crippen LogP contribution in [0.3, 0.4) is 0 Å². The summed E-state index contributed by atoms with van der Waals surface area (Å²) >= 11 is 7.11. The minimum atomic E-state index is -0.431. The van der Waals surface area contributed by atoms with Crippen LogP contribution in [0.4, 0.5) is 0 Å². The van der Waals surface area contributed by atoms with Gasteiger partial charge in [0.1, 0.15) is 0 Å². The van der Waals surface area contributed by atoms with E-state index in [2.05, 4.69) is 5.92 Å². The molecule has 0 bridgehead atoms. The van der Waals surface area contributed by atoms with E-state index in [1.807, 2.05) is 11.4 Å². The lowest BCUT2D eigenvalue weighted by atomic mass is 10.1. The summed E-state index contributed by atoms with van der Waals surface area (Å²) < 4.78 is 0. The zero-order chi connectivity index (χ0) is 6.69. The van der Waals surface area contributed by atoms with Gasteiger partial charge in [0.05, 0.1) is 0 Å². The van der Waals surface area contributed by atoms with Gasteiger partial charge >= 0.3 is 0 Å². The van der Waals surface area contributed by atoms with Crippen LogP contribution in [0.25, 0.3) is 0 Å². The molecule has 1 heterocycles. The van der Waals surface area contributed by atoms with Gasteiger partial charge in [0.2, 0.25) is 0 Å². The van der Waals surface area contributed by atoms with E-state index in [-0.39, 0.29) is 0 Å². The third-order valence-corrected chi connectivity index (χ3v) is 6.72. The first-order chi connectivity index (χ1) is 4.33. The predicted octanol–water partition coefficient (Wildman–Crippen LogP) is 1.96. The van der Waals surface area contributed by atoms with Gasteiger partial charge in [-0.1, -0.05) is 11.8 Å². The minimum absolute atomic E-state index is 0.431. The highest BCUT2D eigenvalue weighted by Crippen LogP contribution is 2.44. The van der Waals surface area contributed by atoms with E-state index in [1.54, 1.807) is 0 Å². The lowest BCUT2D eigenvalue weighted by Crippen LogP contribution is -2.05. The lowest BCUT2D eigenvalue weighted by molar-refractivity contribution is 0.740. The Balaban J connectivity index is 2.37. The molecule has 0 amide bonds. The average Bonchev–Trinajstić information content (AvgIpc) is 1.90. The second-order valence-corrected chi connectivity index (χ2v) is 8.55. The van der Waals surface area contributed by atoms with Crippen LogP contribution >= 0.6 is 17.3 Å². The lowest BCUT2D eigenvalue weighted by Gasteiger charge is -2.16. The van der Waals surface area contributed by atoms with Crippen LogP contribution in [0.2, 0.25) is 0 Å². The van der Waals surface area contributed by atoms with Crippen LogP contribution in [-0.2, 0) is 11.8 Å². The van der Waals surface area contributed by atoms with Crippen LogP contribution in [-0.4, -0.2) is 11.9 Å². The van der Waals surface area contributed by atoms with Crippen molar-refractivity contribution in [3.63, 3.8) is 0 Å². The Bertz CT molecular complexity index is 149. The van der Waals surface area contributed by atoms with Gasteiger partial charge in [-0.05, 0) is 18.5 Å². The Morgan fingerprint density at radius 3 is 3.00 bits per heavy atom. The first-order valence-electron chi connectivity index (χ1n) is 2.94. The molecule has 0 N–H and O–H groups in total. The van der Waals surface area contributed by atoms with Gasteiger partial charge < -0.3 is 0 Å². The van der Waals surface area contributed by atoms with Crippen molar-refractivity contribution >= 4 is 29.1 Å². The molecule has 1 aliphatic heterocycles. The van der Waals surface area contributed by atoms with Gasteiger partial charge in [-0.2, -0.15) is 0 Å². The molecule has 0 aromatic rings. The van der Waals surface area contributed by atoms with Crippen molar-refractivity contribution in [2.24, 2.45) is 5.92 Å². The standard InChI is InChI=1S/C6H9PS2/c1-2-6-3-4-7(8)9-5-6/h1,6-7H,3-5H2. The van der Waals surface area contributed by atoms with Gasteiger partial charge in [0, 0.05) is 11.7 Å². The Kier molecular flexibility index (Phi) is 3.12. The zero-order valence-electron chi connectivity index (χ0n) is 5.09. The van der Waals surface area contributed by atoms with Gasteiger partial charge in [0.25, 0.3) is 0 Å². The Morgan fingerprint density at radius 1 is 1.78 bits per heavy atom. The summed E-state index contributed by atoms with van der Waals surface area (Å²) in [5, 5.41) is 0. The molecule has 0 spiro atoms. The third-order valence-electron chi connectivity index (χ3n) is 1.38. The SMILES string of the molecule is C#CC1CC[PH](=S)SC1. The smallest absolute Gasteiger partial charge is 0.0298 e. The van der Waals surface area contributed by atoms with Crippen LogP contribution in [0.15, 0.2) is 0 Å². The largest absolute Gasteiger partial charge is 0.126 e. The van der Waals surface area contributed by atoms with E-state index in [0.29, 0.717) is 5.92 Å². The van der Waals surface area contributed by atoms with Crippen molar-refractivity contribution in [3.8, 4) is 12.3 Å². The number of hydrogen-bond donors (Lipinski definition) is 0. The molecular formula is C6H9PS2. The van der Waals surface area contributed by atoms with Crippen molar-refractivity contribution < 1.29 is 0 Å². The van der Waals surface area contributed by atoms with E-state index in [4.69, 9.17) is 18.2 Å². The Morgan fingerprint density at radius 2 is 2.56 bits per heavy atom. The second kappa shape index (κ2) is 3.66. The molecule has 1 rings (SSSR count). The fourth-order valence-electron chi connectivity index (χ4n) is 0.773. The van der Waals surface area contributed by atoms with Crippen LogP contribution < -0.4 is 0 Å². The molecule has 0 radical (unpaired) electrons. The summed E-state index contributed by atoms with van der Waals surface area (Å²) in [7, 11) is 0. The summed E-state index contributed by atoms with van der Waals surface area (Å²) in [6, 6.07) is 0. The molecule has 1 fully saturated rings. The van der Waals surface area contributed by atoms with Crippen LogP contribution in [0.5, 0.6) is 0 Å². The highest BCUT2D eigenvalue weighted by Gasteiger charge is 2.12. The summed E-state index contributed by atoms with van der Waals surface area (Å²) in [5.41, 5.74) is 0. The fourth-order valence-corrected chi connectivity index (χ4v) is 5.06. The molecule has 0 aromatic heterocycles. The van der Waals surface area contributed by atoms with Crippen LogP contribution in [0.1, 0.15) is 6.42 Å². The first-order valence-corrected chi connectivity index (χ1v) is 7.49. The quantitative estimate of drug-likeness (QED) is 0.409. The maximum Gasteiger partial charge on any atom is 0.0298 e. The van der Waals surface area contributed by atoms with Crippen molar-refractivity contribution in [1.82, 2.24) is 0 Å². The average molecular weight is 176 g/mol. The summed E-state index contributed by atoms with van der Waals surface area (Å²) in [6.45, 7) is 0. The minimum Gasteiger partial charge on any atom is -0.126 e. The van der Waals surface area contributed by atoms with Gasteiger partial charge in [-0.25, -0.2) is 0 Å². The van der Waals surface area contributed by atoms with E-state index in [0.717, 1.165) is 5.75 Å². The molecule has 9 heavy (non-hydrogen) atoms. The zero-order valence-corrected chi connectivity index (χ0v) is 7.73. The van der Waals surface area contributed by atoms with E-state index in [9.17, 15) is 0 Å². The second-order valence-electron chi connectivity index (χ2n) is 2.09. The van der Waals surface area contributed by atoms with Crippen molar-refractivity contribution in [2.75, 3.05) is 11.9 Å². The number of hydrogen-bond acceptors (Lipinski definition) is 2. The normalized spacial score (nSPS) is 35.4. The Hall–Kier alpha value is 0.560. The molecule has 0 saturated carbocycles. The molecular weight excluding hydrogens is 167 g/mol. The fraction of sp³-hybridized carbons (Fsp3) is 0.667. The summed E-state index contributed by atoms with van der Waals surface area (Å²) in [4.78, 5) is 0. The molecule has 0 nitrogen and oxygen atoms in total. The molecule has 3 heteroatoms. The highest BCUT2D eigenvalue weighted by molar-refractivity contribution is 8.64. The van der Waals surface area contributed by atoms with Crippen LogP contribution in [0, 0.1) is 18.3 Å². The van der Waals surface area contributed by atoms with E-state index >= 15 is 0 Å². The summed E-state index contributed by atoms with van der Waals surface area (Å²) in [5.74, 6) is 3.98. The maximum absolute atomic E-state index is 5.26. The van der Waals surface area contributed by atoms with E-state index in [1.165, 1.54) is 12.6 Å². The predicted molar refractivity (Wildman–Crippen MR) is 49.9 cm³/mol. The highest BCUT2D eigenvalue weighted by atomic mass is 32.9. The van der Waals surface area contributed by atoms with E-state index < -0.39 is 5.90 Å². The molecule has 0 aromatic carbocycles. The third kappa shape index (κ3) is 2.34. The number of rotatable bonds is 0. The number of terminal acetylenes is 1. The first kappa shape index (κ1) is 7.66. The molecule has 1 saturated heterocycles. The Labute approximate surface area is 66.0 Å². The van der Waals surface area contributed by atoms with Crippen molar-refractivity contribution in [2.45, 2.75) is 6.42 Å². The molecule has 2 unspecified atom stereocenters. The summed E-state index contributed by atoms with van der Waals surface area (Å²) in [6.07, 6.45) is 7.67. The molecule has 50 valence electrons. The van der Waals surface area contributed by atoms with Gasteiger partial charge in [0.15, 0.2) is 0 Å². The van der Waals surface area contributed by atoms with Crippen molar-refractivity contribution in [3.05, 3.63) is 0 Å². The molecule has 0 aliphatic carbocycles.